The summed E-state index contributed by atoms with van der Waals surface area (Å²) in [5, 5.41) is 0. The van der Waals surface area contributed by atoms with Crippen LogP contribution in [0.25, 0.3) is 5.70 Å². The van der Waals surface area contributed by atoms with Crippen LogP contribution in [0.5, 0.6) is 0 Å². The summed E-state index contributed by atoms with van der Waals surface area (Å²) >= 11 is 0. The normalized spacial score (nSPS) is 21.4. The summed E-state index contributed by atoms with van der Waals surface area (Å²) < 4.78 is 0. The molecule has 0 bridgehead atoms. The molecule has 0 amide bonds. The number of aryl methyl sites for hydroxylation is 1. The molecule has 0 N–H and O–H groups in total. The molecule has 1 aliphatic carbocycles. The van der Waals surface area contributed by atoms with Crippen LogP contribution in [-0.4, -0.2) is 18.0 Å². The first-order valence-electron chi connectivity index (χ1n) is 6.33. The van der Waals surface area contributed by atoms with Crippen molar-refractivity contribution in [2.75, 3.05) is 7.05 Å². The van der Waals surface area contributed by atoms with Gasteiger partial charge >= 0.3 is 0 Å². The zero-order valence-corrected chi connectivity index (χ0v) is 10.8. The summed E-state index contributed by atoms with van der Waals surface area (Å²) in [5.74, 6) is 0. The van der Waals surface area contributed by atoms with Gasteiger partial charge in [0.25, 0.3) is 0 Å². The van der Waals surface area contributed by atoms with E-state index >= 15 is 0 Å². The molecular formula is C17H17N. The SMILES string of the molecule is Cc1ccccc1C1=CC=C2C=CC=CC2N1C. The van der Waals surface area contributed by atoms with Crippen molar-refractivity contribution < 1.29 is 0 Å². The Morgan fingerprint density at radius 2 is 1.89 bits per heavy atom. The van der Waals surface area contributed by atoms with E-state index < -0.39 is 0 Å². The van der Waals surface area contributed by atoms with Crippen LogP contribution in [-0.2, 0) is 0 Å². The van der Waals surface area contributed by atoms with Crippen molar-refractivity contribution >= 4 is 5.70 Å². The zero-order valence-electron chi connectivity index (χ0n) is 10.8. The van der Waals surface area contributed by atoms with Crippen LogP contribution in [0.15, 0.2) is 66.3 Å². The molecule has 1 aliphatic heterocycles. The molecule has 1 aromatic carbocycles. The number of hydrogen-bond acceptors (Lipinski definition) is 1. The molecule has 1 atom stereocenters. The maximum absolute atomic E-state index is 2.34. The fourth-order valence-electron chi connectivity index (χ4n) is 2.64. The summed E-state index contributed by atoms with van der Waals surface area (Å²) in [4.78, 5) is 2.34. The van der Waals surface area contributed by atoms with Gasteiger partial charge < -0.3 is 4.90 Å². The summed E-state index contributed by atoms with van der Waals surface area (Å²) in [7, 11) is 2.17. The summed E-state index contributed by atoms with van der Waals surface area (Å²) in [6.45, 7) is 2.17. The monoisotopic (exact) mass is 235 g/mol. The average Bonchev–Trinajstić information content (AvgIpc) is 2.41. The quantitative estimate of drug-likeness (QED) is 0.717. The average molecular weight is 235 g/mol. The van der Waals surface area contributed by atoms with E-state index in [-0.39, 0.29) is 0 Å². The van der Waals surface area contributed by atoms with Gasteiger partial charge in [0.15, 0.2) is 0 Å². The third-order valence-electron chi connectivity index (χ3n) is 3.69. The molecule has 1 aromatic rings. The molecule has 1 nitrogen and oxygen atoms in total. The summed E-state index contributed by atoms with van der Waals surface area (Å²) in [6.07, 6.45) is 13.1. The van der Waals surface area contributed by atoms with E-state index in [1.807, 2.05) is 0 Å². The Morgan fingerprint density at radius 3 is 2.72 bits per heavy atom. The third-order valence-corrected chi connectivity index (χ3v) is 3.69. The van der Waals surface area contributed by atoms with Crippen LogP contribution in [0.4, 0.5) is 0 Å². The molecule has 0 aromatic heterocycles. The van der Waals surface area contributed by atoms with Crippen LogP contribution < -0.4 is 0 Å². The van der Waals surface area contributed by atoms with Crippen molar-refractivity contribution in [3.05, 3.63) is 77.4 Å². The number of hydrogen-bond donors (Lipinski definition) is 0. The first-order chi connectivity index (χ1) is 8.77. The van der Waals surface area contributed by atoms with Crippen molar-refractivity contribution in [1.82, 2.24) is 4.90 Å². The highest BCUT2D eigenvalue weighted by atomic mass is 15.1. The number of fused-ring (bicyclic) bond motifs is 1. The molecule has 18 heavy (non-hydrogen) atoms. The van der Waals surface area contributed by atoms with Crippen LogP contribution in [0.3, 0.4) is 0 Å². The molecule has 1 unspecified atom stereocenters. The van der Waals surface area contributed by atoms with E-state index in [0.29, 0.717) is 6.04 Å². The molecule has 3 rings (SSSR count). The maximum atomic E-state index is 2.34. The molecule has 1 heteroatoms. The largest absolute Gasteiger partial charge is 0.364 e. The highest BCUT2D eigenvalue weighted by molar-refractivity contribution is 5.71. The number of allylic oxidation sites excluding steroid dienone is 4. The topological polar surface area (TPSA) is 3.24 Å². The Bertz CT molecular complexity index is 587. The van der Waals surface area contributed by atoms with Crippen LogP contribution >= 0.6 is 0 Å². The molecule has 0 saturated carbocycles. The second-order valence-electron chi connectivity index (χ2n) is 4.83. The minimum atomic E-state index is 0.370. The van der Waals surface area contributed by atoms with Gasteiger partial charge in [-0.15, -0.1) is 0 Å². The van der Waals surface area contributed by atoms with Crippen LogP contribution in [0.1, 0.15) is 11.1 Å². The Kier molecular flexibility index (Phi) is 2.67. The predicted octanol–water partition coefficient (Wildman–Crippen LogP) is 3.70. The molecule has 2 aliphatic rings. The van der Waals surface area contributed by atoms with Crippen molar-refractivity contribution in [2.45, 2.75) is 13.0 Å². The Balaban J connectivity index is 2.06. The van der Waals surface area contributed by atoms with Gasteiger partial charge in [-0.3, -0.25) is 0 Å². The van der Waals surface area contributed by atoms with Gasteiger partial charge in [0.1, 0.15) is 0 Å². The molecule has 0 radical (unpaired) electrons. The molecule has 0 saturated heterocycles. The van der Waals surface area contributed by atoms with Gasteiger partial charge in [-0.2, -0.15) is 0 Å². The molecule has 1 heterocycles. The van der Waals surface area contributed by atoms with E-state index in [1.165, 1.54) is 22.4 Å². The zero-order chi connectivity index (χ0) is 12.5. The number of nitrogens with zero attached hydrogens (tertiary/aromatic N) is 1. The van der Waals surface area contributed by atoms with Gasteiger partial charge in [0, 0.05) is 18.3 Å². The standard InChI is InChI=1S/C17H17N/c1-13-7-3-5-9-15(13)17-12-11-14-8-4-6-10-16(14)18(17)2/h3-12,16H,1-2H3. The maximum Gasteiger partial charge on any atom is 0.0726 e. The minimum absolute atomic E-state index is 0.370. The summed E-state index contributed by atoms with van der Waals surface area (Å²) in [6, 6.07) is 8.92. The summed E-state index contributed by atoms with van der Waals surface area (Å²) in [5.41, 5.74) is 5.29. The molecular weight excluding hydrogens is 218 g/mol. The Morgan fingerprint density at radius 1 is 1.06 bits per heavy atom. The molecule has 90 valence electrons. The second kappa shape index (κ2) is 4.34. The number of likely N-dealkylation sites (N-methyl/N-ethyl adjacent to an activating group) is 1. The molecule has 0 fully saturated rings. The van der Waals surface area contributed by atoms with Crippen molar-refractivity contribution in [3.8, 4) is 0 Å². The van der Waals surface area contributed by atoms with Gasteiger partial charge in [0.2, 0.25) is 0 Å². The van der Waals surface area contributed by atoms with Crippen molar-refractivity contribution in [2.24, 2.45) is 0 Å². The van der Waals surface area contributed by atoms with E-state index in [2.05, 4.69) is 79.6 Å². The van der Waals surface area contributed by atoms with E-state index in [1.54, 1.807) is 0 Å². The van der Waals surface area contributed by atoms with Gasteiger partial charge in [-0.1, -0.05) is 54.6 Å². The fourth-order valence-corrected chi connectivity index (χ4v) is 2.64. The first kappa shape index (κ1) is 11.1. The van der Waals surface area contributed by atoms with E-state index in [4.69, 9.17) is 0 Å². The minimum Gasteiger partial charge on any atom is -0.364 e. The third kappa shape index (κ3) is 1.72. The van der Waals surface area contributed by atoms with Crippen molar-refractivity contribution in [1.29, 1.82) is 0 Å². The predicted molar refractivity (Wildman–Crippen MR) is 77.1 cm³/mol. The first-order valence-corrected chi connectivity index (χ1v) is 6.33. The van der Waals surface area contributed by atoms with Crippen molar-refractivity contribution in [3.63, 3.8) is 0 Å². The van der Waals surface area contributed by atoms with Gasteiger partial charge in [-0.05, 0) is 24.1 Å². The second-order valence-corrected chi connectivity index (χ2v) is 4.83. The Hall–Kier alpha value is -2.02. The Labute approximate surface area is 108 Å². The number of rotatable bonds is 1. The lowest BCUT2D eigenvalue weighted by atomic mass is 9.93. The smallest absolute Gasteiger partial charge is 0.0726 e. The van der Waals surface area contributed by atoms with Gasteiger partial charge in [0.05, 0.1) is 6.04 Å². The van der Waals surface area contributed by atoms with E-state index in [0.717, 1.165) is 0 Å². The lowest BCUT2D eigenvalue weighted by molar-refractivity contribution is 0.444. The fraction of sp³-hybridized carbons (Fsp3) is 0.176. The lowest BCUT2D eigenvalue weighted by Gasteiger charge is -2.35. The lowest BCUT2D eigenvalue weighted by Crippen LogP contribution is -2.32. The van der Waals surface area contributed by atoms with Crippen LogP contribution in [0, 0.1) is 6.92 Å². The molecule has 0 spiro atoms. The van der Waals surface area contributed by atoms with Gasteiger partial charge in [-0.25, -0.2) is 0 Å². The highest BCUT2D eigenvalue weighted by Gasteiger charge is 2.23. The van der Waals surface area contributed by atoms with E-state index in [9.17, 15) is 0 Å². The highest BCUT2D eigenvalue weighted by Crippen LogP contribution is 2.31. The number of benzene rings is 1. The van der Waals surface area contributed by atoms with Crippen LogP contribution in [0.2, 0.25) is 0 Å².